The number of benzene rings is 2. The first-order chi connectivity index (χ1) is 19.2. The number of carbonyl (C=O) groups is 1. The number of H-pyrrole nitrogens is 1. The van der Waals surface area contributed by atoms with E-state index in [1.165, 1.54) is 0 Å². The van der Waals surface area contributed by atoms with Crippen LogP contribution in [0.15, 0.2) is 73.2 Å². The van der Waals surface area contributed by atoms with Crippen LogP contribution >= 0.6 is 0 Å². The van der Waals surface area contributed by atoms with Crippen molar-refractivity contribution in [2.45, 2.75) is 19.0 Å². The van der Waals surface area contributed by atoms with E-state index in [1.54, 1.807) is 50.0 Å². The molecule has 39 heavy (non-hydrogen) atoms. The Kier molecular flexibility index (Phi) is 6.79. The highest BCUT2D eigenvalue weighted by Crippen LogP contribution is 2.35. The van der Waals surface area contributed by atoms with E-state index in [1.807, 2.05) is 35.0 Å². The Balaban J connectivity index is 1.29. The van der Waals surface area contributed by atoms with Crippen LogP contribution in [-0.2, 0) is 6.54 Å². The van der Waals surface area contributed by atoms with Gasteiger partial charge in [-0.2, -0.15) is 5.10 Å². The van der Waals surface area contributed by atoms with E-state index in [-0.39, 0.29) is 11.9 Å². The van der Waals surface area contributed by atoms with Crippen LogP contribution in [0.25, 0.3) is 11.0 Å². The highest BCUT2D eigenvalue weighted by molar-refractivity contribution is 6.03. The third kappa shape index (κ3) is 5.39. The van der Waals surface area contributed by atoms with Crippen molar-refractivity contribution in [1.29, 1.82) is 0 Å². The van der Waals surface area contributed by atoms with Gasteiger partial charge < -0.3 is 25.1 Å². The van der Waals surface area contributed by atoms with Gasteiger partial charge in [0.25, 0.3) is 5.91 Å². The van der Waals surface area contributed by atoms with Gasteiger partial charge in [-0.3, -0.25) is 10.1 Å². The number of ether oxygens (including phenoxy) is 2. The number of aromatic nitrogens is 5. The number of anilines is 2. The molecule has 5 aromatic rings. The normalized spacial score (nSPS) is 14.8. The SMILES string of the molecule is COc1ccc(Cn2nc(NC3CCNC3)c3c(Oc4ccc(C(=O)Nc5ncc[nH]5)cc4)ccnc32)cc1. The molecule has 0 spiro atoms. The Bertz CT molecular complexity index is 1560. The fourth-order valence-electron chi connectivity index (χ4n) is 4.56. The number of imidazole rings is 1. The maximum absolute atomic E-state index is 12.5. The lowest BCUT2D eigenvalue weighted by Crippen LogP contribution is -2.22. The summed E-state index contributed by atoms with van der Waals surface area (Å²) in [5.74, 6) is 2.88. The number of carbonyl (C=O) groups excluding carboxylic acids is 1. The largest absolute Gasteiger partial charge is 0.497 e. The van der Waals surface area contributed by atoms with E-state index in [9.17, 15) is 4.79 Å². The van der Waals surface area contributed by atoms with Crippen LogP contribution in [0.2, 0.25) is 0 Å². The van der Waals surface area contributed by atoms with Crippen molar-refractivity contribution in [3.63, 3.8) is 0 Å². The molecule has 11 nitrogen and oxygen atoms in total. The van der Waals surface area contributed by atoms with E-state index >= 15 is 0 Å². The second kappa shape index (κ2) is 10.8. The third-order valence-corrected chi connectivity index (χ3v) is 6.56. The van der Waals surface area contributed by atoms with Gasteiger partial charge in [0, 0.05) is 42.8 Å². The molecule has 1 unspecified atom stereocenters. The third-order valence-electron chi connectivity index (χ3n) is 6.56. The Morgan fingerprint density at radius 3 is 2.59 bits per heavy atom. The van der Waals surface area contributed by atoms with Gasteiger partial charge >= 0.3 is 0 Å². The number of hydrogen-bond acceptors (Lipinski definition) is 8. The molecular formula is C28H28N8O3. The van der Waals surface area contributed by atoms with Crippen molar-refractivity contribution in [2.75, 3.05) is 30.8 Å². The molecule has 1 atom stereocenters. The van der Waals surface area contributed by atoms with Gasteiger partial charge in [0.2, 0.25) is 5.95 Å². The zero-order chi connectivity index (χ0) is 26.6. The standard InChI is InChI=1S/C28H28N8O3/c1-38-21-6-2-18(3-7-21)17-36-26-24(25(35-36)33-20-10-12-29-16-20)23(11-13-30-26)39-22-8-4-19(5-9-22)27(37)34-28-31-14-15-32-28/h2-9,11,13-15,20,29H,10,12,16-17H2,1H3,(H,33,35)(H2,31,32,34,37). The maximum Gasteiger partial charge on any atom is 0.257 e. The first-order valence-electron chi connectivity index (χ1n) is 12.7. The zero-order valence-electron chi connectivity index (χ0n) is 21.3. The Labute approximate surface area is 224 Å². The fourth-order valence-corrected chi connectivity index (χ4v) is 4.56. The average Bonchev–Trinajstić information content (AvgIpc) is 3.73. The smallest absolute Gasteiger partial charge is 0.257 e. The van der Waals surface area contributed by atoms with Crippen molar-refractivity contribution in [3.8, 4) is 17.2 Å². The molecule has 1 aliphatic rings. The number of hydrogen-bond donors (Lipinski definition) is 4. The van der Waals surface area contributed by atoms with Gasteiger partial charge in [-0.1, -0.05) is 12.1 Å². The Hall–Kier alpha value is -4.90. The summed E-state index contributed by atoms with van der Waals surface area (Å²) in [6, 6.07) is 16.9. The molecule has 1 amide bonds. The van der Waals surface area contributed by atoms with E-state index in [0.29, 0.717) is 35.2 Å². The molecule has 0 aliphatic carbocycles. The van der Waals surface area contributed by atoms with Crippen molar-refractivity contribution < 1.29 is 14.3 Å². The number of rotatable bonds is 9. The van der Waals surface area contributed by atoms with Crippen LogP contribution in [0.5, 0.6) is 17.2 Å². The lowest BCUT2D eigenvalue weighted by Gasteiger charge is -2.12. The average molecular weight is 525 g/mol. The van der Waals surface area contributed by atoms with Gasteiger partial charge in [-0.05, 0) is 54.9 Å². The predicted molar refractivity (Wildman–Crippen MR) is 148 cm³/mol. The first-order valence-corrected chi connectivity index (χ1v) is 12.7. The molecule has 0 saturated carbocycles. The number of aromatic amines is 1. The second-order valence-electron chi connectivity index (χ2n) is 9.21. The van der Waals surface area contributed by atoms with Crippen molar-refractivity contribution in [1.82, 2.24) is 30.0 Å². The number of nitrogens with zero attached hydrogens (tertiary/aromatic N) is 4. The van der Waals surface area contributed by atoms with Gasteiger partial charge in [0.15, 0.2) is 11.5 Å². The summed E-state index contributed by atoms with van der Waals surface area (Å²) in [5, 5.41) is 15.4. The summed E-state index contributed by atoms with van der Waals surface area (Å²) in [7, 11) is 1.65. The van der Waals surface area contributed by atoms with Gasteiger partial charge in [-0.25, -0.2) is 14.6 Å². The lowest BCUT2D eigenvalue weighted by molar-refractivity contribution is 0.102. The molecule has 198 valence electrons. The number of fused-ring (bicyclic) bond motifs is 1. The lowest BCUT2D eigenvalue weighted by atomic mass is 10.2. The molecule has 2 aromatic carbocycles. The zero-order valence-corrected chi connectivity index (χ0v) is 21.3. The minimum Gasteiger partial charge on any atom is -0.497 e. The number of pyridine rings is 1. The summed E-state index contributed by atoms with van der Waals surface area (Å²) in [6.45, 7) is 2.37. The highest BCUT2D eigenvalue weighted by atomic mass is 16.5. The molecule has 1 aliphatic heterocycles. The maximum atomic E-state index is 12.5. The molecule has 0 bridgehead atoms. The van der Waals surface area contributed by atoms with Crippen LogP contribution in [0.3, 0.4) is 0 Å². The van der Waals surface area contributed by atoms with E-state index < -0.39 is 0 Å². The first kappa shape index (κ1) is 24.4. The van der Waals surface area contributed by atoms with Crippen LogP contribution in [0.1, 0.15) is 22.3 Å². The van der Waals surface area contributed by atoms with Crippen LogP contribution in [0, 0.1) is 0 Å². The van der Waals surface area contributed by atoms with E-state index in [2.05, 4.69) is 30.9 Å². The van der Waals surface area contributed by atoms with Crippen LogP contribution in [-0.4, -0.2) is 56.9 Å². The number of amides is 1. The molecule has 1 fully saturated rings. The summed E-state index contributed by atoms with van der Waals surface area (Å²) in [6.07, 6.45) is 5.95. The second-order valence-corrected chi connectivity index (χ2v) is 9.21. The minimum absolute atomic E-state index is 0.262. The quantitative estimate of drug-likeness (QED) is 0.227. The summed E-state index contributed by atoms with van der Waals surface area (Å²) < 4.78 is 13.5. The molecule has 4 heterocycles. The van der Waals surface area contributed by atoms with E-state index in [0.717, 1.165) is 42.0 Å². The van der Waals surface area contributed by atoms with E-state index in [4.69, 9.17) is 14.6 Å². The molecule has 3 aromatic heterocycles. The minimum atomic E-state index is -0.265. The molecule has 6 rings (SSSR count). The van der Waals surface area contributed by atoms with Crippen molar-refractivity contribution in [2.24, 2.45) is 0 Å². The van der Waals surface area contributed by atoms with Crippen molar-refractivity contribution >= 4 is 28.7 Å². The Morgan fingerprint density at radius 1 is 1.05 bits per heavy atom. The molecule has 11 heteroatoms. The van der Waals surface area contributed by atoms with Gasteiger partial charge in [-0.15, -0.1) is 0 Å². The van der Waals surface area contributed by atoms with Crippen molar-refractivity contribution in [3.05, 3.63) is 84.3 Å². The van der Waals surface area contributed by atoms with Crippen LogP contribution < -0.4 is 25.4 Å². The van der Waals surface area contributed by atoms with Gasteiger partial charge in [0.1, 0.15) is 22.6 Å². The molecule has 4 N–H and O–H groups in total. The monoisotopic (exact) mass is 524 g/mol. The predicted octanol–water partition coefficient (Wildman–Crippen LogP) is 4.03. The number of methoxy groups -OCH3 is 1. The highest BCUT2D eigenvalue weighted by Gasteiger charge is 2.22. The van der Waals surface area contributed by atoms with Gasteiger partial charge in [0.05, 0.1) is 13.7 Å². The molecule has 0 radical (unpaired) electrons. The Morgan fingerprint density at radius 2 is 1.87 bits per heavy atom. The summed E-state index contributed by atoms with van der Waals surface area (Å²) >= 11 is 0. The number of nitrogens with one attached hydrogen (secondary N) is 4. The summed E-state index contributed by atoms with van der Waals surface area (Å²) in [4.78, 5) is 24.0. The van der Waals surface area contributed by atoms with Crippen LogP contribution in [0.4, 0.5) is 11.8 Å². The molecular weight excluding hydrogens is 496 g/mol. The fraction of sp³-hybridized carbons (Fsp3) is 0.214. The summed E-state index contributed by atoms with van der Waals surface area (Å²) in [5.41, 5.74) is 2.28. The molecule has 1 saturated heterocycles. The topological polar surface area (TPSA) is 131 Å².